The first-order chi connectivity index (χ1) is 7.88. The van der Waals surface area contributed by atoms with E-state index in [2.05, 4.69) is 5.16 Å². The highest BCUT2D eigenvalue weighted by Gasteiger charge is 2.17. The molecule has 0 unspecified atom stereocenters. The van der Waals surface area contributed by atoms with Gasteiger partial charge < -0.3 is 14.0 Å². The summed E-state index contributed by atoms with van der Waals surface area (Å²) in [5.41, 5.74) is 1.58. The van der Waals surface area contributed by atoms with Gasteiger partial charge in [-0.25, -0.2) is 0 Å². The zero-order chi connectivity index (χ0) is 11.0. The van der Waals surface area contributed by atoms with Crippen LogP contribution in [0.3, 0.4) is 0 Å². The minimum absolute atomic E-state index is 0.524. The highest BCUT2D eigenvalue weighted by molar-refractivity contribution is 6.18. The van der Waals surface area contributed by atoms with Crippen LogP contribution in [0.15, 0.2) is 16.7 Å². The summed E-state index contributed by atoms with van der Waals surface area (Å²) in [5.74, 6) is 1.99. The molecule has 4 nitrogen and oxygen atoms in total. The third-order valence-electron chi connectivity index (χ3n) is 2.54. The molecule has 16 heavy (non-hydrogen) atoms. The van der Waals surface area contributed by atoms with Crippen LogP contribution in [0.4, 0.5) is 0 Å². The number of nitrogens with zero attached hydrogens (tertiary/aromatic N) is 1. The van der Waals surface area contributed by atoms with Gasteiger partial charge >= 0.3 is 0 Å². The Hall–Kier alpha value is -1.42. The third-order valence-corrected chi connectivity index (χ3v) is 2.73. The summed E-state index contributed by atoms with van der Waals surface area (Å²) in [7, 11) is 0. The first kappa shape index (κ1) is 9.78. The Bertz CT molecular complexity index is 523. The van der Waals surface area contributed by atoms with Crippen molar-refractivity contribution >= 4 is 22.6 Å². The second-order valence-corrected chi connectivity index (χ2v) is 3.94. The summed E-state index contributed by atoms with van der Waals surface area (Å²) in [6.45, 7) is 1.15. The van der Waals surface area contributed by atoms with E-state index in [1.54, 1.807) is 0 Å². The van der Waals surface area contributed by atoms with Gasteiger partial charge in [-0.05, 0) is 6.07 Å². The maximum Gasteiger partial charge on any atom is 0.171 e. The molecule has 2 aromatic rings. The third kappa shape index (κ3) is 1.50. The molecule has 1 aliphatic rings. The second-order valence-electron chi connectivity index (χ2n) is 3.56. The molecule has 1 aromatic heterocycles. The molecular formula is C11H10ClNO3. The van der Waals surface area contributed by atoms with E-state index in [0.717, 1.165) is 16.8 Å². The maximum absolute atomic E-state index is 5.70. The first-order valence-corrected chi connectivity index (χ1v) is 5.66. The molecule has 3 rings (SSSR count). The SMILES string of the molecule is ClCCc1noc2cc3c(cc12)OCCO3. The van der Waals surface area contributed by atoms with Crippen molar-refractivity contribution in [3.63, 3.8) is 0 Å². The summed E-state index contributed by atoms with van der Waals surface area (Å²) in [6.07, 6.45) is 0.689. The highest BCUT2D eigenvalue weighted by atomic mass is 35.5. The molecule has 2 heterocycles. The van der Waals surface area contributed by atoms with E-state index < -0.39 is 0 Å². The molecule has 0 bridgehead atoms. The topological polar surface area (TPSA) is 44.5 Å². The largest absolute Gasteiger partial charge is 0.486 e. The Morgan fingerprint density at radius 3 is 2.69 bits per heavy atom. The minimum atomic E-state index is 0.524. The van der Waals surface area contributed by atoms with Gasteiger partial charge in [0.25, 0.3) is 0 Å². The Kier molecular flexibility index (Phi) is 2.36. The van der Waals surface area contributed by atoms with Crippen LogP contribution in [-0.4, -0.2) is 24.3 Å². The molecule has 0 aliphatic carbocycles. The number of fused-ring (bicyclic) bond motifs is 2. The monoisotopic (exact) mass is 239 g/mol. The van der Waals surface area contributed by atoms with Crippen molar-refractivity contribution in [2.45, 2.75) is 6.42 Å². The van der Waals surface area contributed by atoms with Crippen LogP contribution in [0.2, 0.25) is 0 Å². The summed E-state index contributed by atoms with van der Waals surface area (Å²) in [5, 5.41) is 4.93. The molecule has 1 aromatic carbocycles. The number of benzene rings is 1. The zero-order valence-corrected chi connectivity index (χ0v) is 9.29. The van der Waals surface area contributed by atoms with Crippen molar-refractivity contribution in [2.75, 3.05) is 19.1 Å². The van der Waals surface area contributed by atoms with Crippen molar-refractivity contribution < 1.29 is 14.0 Å². The van der Waals surface area contributed by atoms with Gasteiger partial charge in [-0.2, -0.15) is 0 Å². The van der Waals surface area contributed by atoms with Gasteiger partial charge in [-0.1, -0.05) is 5.16 Å². The molecule has 0 spiro atoms. The number of hydrogen-bond donors (Lipinski definition) is 0. The number of hydrogen-bond acceptors (Lipinski definition) is 4. The molecule has 5 heteroatoms. The van der Waals surface area contributed by atoms with Crippen molar-refractivity contribution in [1.29, 1.82) is 0 Å². The van der Waals surface area contributed by atoms with Crippen LogP contribution in [0.1, 0.15) is 5.69 Å². The van der Waals surface area contributed by atoms with E-state index in [-0.39, 0.29) is 0 Å². The summed E-state index contributed by atoms with van der Waals surface area (Å²) >= 11 is 5.70. The molecule has 1 aliphatic heterocycles. The molecule has 0 amide bonds. The average Bonchev–Trinajstić information content (AvgIpc) is 2.70. The Morgan fingerprint density at radius 1 is 1.19 bits per heavy atom. The van der Waals surface area contributed by atoms with E-state index in [0.29, 0.717) is 36.8 Å². The van der Waals surface area contributed by atoms with E-state index in [1.165, 1.54) is 0 Å². The van der Waals surface area contributed by atoms with Gasteiger partial charge in [-0.15, -0.1) is 11.6 Å². The van der Waals surface area contributed by atoms with Crippen molar-refractivity contribution in [3.8, 4) is 11.5 Å². The fourth-order valence-electron chi connectivity index (χ4n) is 1.79. The Morgan fingerprint density at radius 2 is 1.94 bits per heavy atom. The summed E-state index contributed by atoms with van der Waals surface area (Å²) < 4.78 is 16.2. The molecule has 0 fully saturated rings. The Labute approximate surface area is 97.1 Å². The predicted molar refractivity (Wildman–Crippen MR) is 59.4 cm³/mol. The van der Waals surface area contributed by atoms with Gasteiger partial charge in [0.2, 0.25) is 0 Å². The van der Waals surface area contributed by atoms with Crippen molar-refractivity contribution in [2.24, 2.45) is 0 Å². The number of aryl methyl sites for hydroxylation is 1. The summed E-state index contributed by atoms with van der Waals surface area (Å²) in [6, 6.07) is 3.72. The molecule has 84 valence electrons. The fraction of sp³-hybridized carbons (Fsp3) is 0.364. The maximum atomic E-state index is 5.70. The van der Waals surface area contributed by atoms with E-state index in [1.807, 2.05) is 12.1 Å². The summed E-state index contributed by atoms with van der Waals surface area (Å²) in [4.78, 5) is 0. The molecule has 0 saturated heterocycles. The van der Waals surface area contributed by atoms with E-state index in [4.69, 9.17) is 25.6 Å². The Balaban J connectivity index is 2.14. The van der Waals surface area contributed by atoms with Crippen LogP contribution in [-0.2, 0) is 6.42 Å². The molecule has 0 radical (unpaired) electrons. The molecular weight excluding hydrogens is 230 g/mol. The normalized spacial score (nSPS) is 14.3. The van der Waals surface area contributed by atoms with Crippen LogP contribution in [0.5, 0.6) is 11.5 Å². The van der Waals surface area contributed by atoms with Gasteiger partial charge in [0, 0.05) is 23.8 Å². The number of ether oxygens (including phenoxy) is 2. The van der Waals surface area contributed by atoms with Crippen LogP contribution >= 0.6 is 11.6 Å². The van der Waals surface area contributed by atoms with E-state index >= 15 is 0 Å². The number of halogens is 1. The lowest BCUT2D eigenvalue weighted by atomic mass is 10.1. The number of aromatic nitrogens is 1. The van der Waals surface area contributed by atoms with Crippen LogP contribution in [0, 0.1) is 0 Å². The second kappa shape index (κ2) is 3.87. The van der Waals surface area contributed by atoms with Gasteiger partial charge in [-0.3, -0.25) is 0 Å². The number of rotatable bonds is 2. The first-order valence-electron chi connectivity index (χ1n) is 5.12. The quantitative estimate of drug-likeness (QED) is 0.755. The predicted octanol–water partition coefficient (Wildman–Crippen LogP) is 2.38. The van der Waals surface area contributed by atoms with Gasteiger partial charge in [0.05, 0.1) is 5.69 Å². The molecule has 0 saturated carbocycles. The lowest BCUT2D eigenvalue weighted by Crippen LogP contribution is -2.15. The van der Waals surface area contributed by atoms with Crippen LogP contribution in [0.25, 0.3) is 11.0 Å². The average molecular weight is 240 g/mol. The smallest absolute Gasteiger partial charge is 0.171 e. The lowest BCUT2D eigenvalue weighted by molar-refractivity contribution is 0.172. The zero-order valence-electron chi connectivity index (χ0n) is 8.53. The van der Waals surface area contributed by atoms with Crippen molar-refractivity contribution in [3.05, 3.63) is 17.8 Å². The highest BCUT2D eigenvalue weighted by Crippen LogP contribution is 2.35. The van der Waals surface area contributed by atoms with Gasteiger partial charge in [0.1, 0.15) is 13.2 Å². The minimum Gasteiger partial charge on any atom is -0.486 e. The van der Waals surface area contributed by atoms with Gasteiger partial charge in [0.15, 0.2) is 17.1 Å². The van der Waals surface area contributed by atoms with Crippen LogP contribution < -0.4 is 9.47 Å². The fourth-order valence-corrected chi connectivity index (χ4v) is 1.97. The number of alkyl halides is 1. The van der Waals surface area contributed by atoms with Crippen molar-refractivity contribution in [1.82, 2.24) is 5.16 Å². The molecule has 0 atom stereocenters. The standard InChI is InChI=1S/C11H10ClNO3/c12-2-1-8-7-5-10-11(15-4-3-14-10)6-9(7)16-13-8/h5-6H,1-4H2. The lowest BCUT2D eigenvalue weighted by Gasteiger charge is -2.17. The van der Waals surface area contributed by atoms with E-state index in [9.17, 15) is 0 Å². The molecule has 0 N–H and O–H groups in total.